The number of hydrogen-bond donors (Lipinski definition) is 0. The van der Waals surface area contributed by atoms with Crippen molar-refractivity contribution in [2.24, 2.45) is 0 Å². The minimum atomic E-state index is -4.38. The van der Waals surface area contributed by atoms with Gasteiger partial charge >= 0.3 is 6.18 Å². The molecule has 0 aromatic heterocycles. The molecule has 0 bridgehead atoms. The molecule has 0 nitrogen and oxygen atoms in total. The summed E-state index contributed by atoms with van der Waals surface area (Å²) in [6, 6.07) is 8.26. The van der Waals surface area contributed by atoms with Crippen LogP contribution in [0.3, 0.4) is 0 Å². The molecule has 0 saturated heterocycles. The summed E-state index contributed by atoms with van der Waals surface area (Å²) >= 11 is 0. The Bertz CT molecular complexity index is 702. The molecule has 0 spiro atoms. The number of fused-ring (bicyclic) bond motifs is 3. The SMILES string of the molecule is C[Si]1(C)c2ccc(F)cc2-c2cc(C(F)(F)F)ccc21. The number of benzene rings is 2. The summed E-state index contributed by atoms with van der Waals surface area (Å²) in [5.41, 5.74) is 0.465. The van der Waals surface area contributed by atoms with Crippen LogP contribution in [0.15, 0.2) is 36.4 Å². The maximum Gasteiger partial charge on any atom is 0.416 e. The normalized spacial score (nSPS) is 15.9. The van der Waals surface area contributed by atoms with E-state index in [0.717, 1.165) is 22.5 Å². The third-order valence-electron chi connectivity index (χ3n) is 3.97. The van der Waals surface area contributed by atoms with Crippen LogP contribution in [0.4, 0.5) is 17.6 Å². The van der Waals surface area contributed by atoms with Crippen LogP contribution in [0.2, 0.25) is 13.1 Å². The predicted octanol–water partition coefficient (Wildman–Crippen LogP) is 3.65. The zero-order valence-corrected chi connectivity index (χ0v) is 12.0. The van der Waals surface area contributed by atoms with Gasteiger partial charge in [0.2, 0.25) is 0 Å². The Morgan fingerprint density at radius 3 is 2.00 bits per heavy atom. The fourth-order valence-corrected chi connectivity index (χ4v) is 5.97. The molecule has 0 atom stereocenters. The molecule has 3 rings (SSSR count). The van der Waals surface area contributed by atoms with Crippen LogP contribution in [0.25, 0.3) is 11.1 Å². The first-order valence-electron chi connectivity index (χ1n) is 6.23. The number of halogens is 4. The van der Waals surface area contributed by atoms with Crippen LogP contribution in [0, 0.1) is 5.82 Å². The molecule has 20 heavy (non-hydrogen) atoms. The predicted molar refractivity (Wildman–Crippen MR) is 73.6 cm³/mol. The Morgan fingerprint density at radius 2 is 1.40 bits per heavy atom. The maximum absolute atomic E-state index is 13.4. The first-order chi connectivity index (χ1) is 9.21. The summed E-state index contributed by atoms with van der Waals surface area (Å²) in [4.78, 5) is 0. The summed E-state index contributed by atoms with van der Waals surface area (Å²) in [5, 5.41) is 1.93. The van der Waals surface area contributed by atoms with E-state index in [0.29, 0.717) is 11.1 Å². The van der Waals surface area contributed by atoms with Gasteiger partial charge in [-0.2, -0.15) is 13.2 Å². The Morgan fingerprint density at radius 1 is 0.850 bits per heavy atom. The standard InChI is InChI=1S/C15H12F4Si/c1-20(2)13-5-3-9(15(17,18)19)7-11(13)12-8-10(16)4-6-14(12)20/h3-8H,1-2H3. The van der Waals surface area contributed by atoms with Gasteiger partial charge in [-0.15, -0.1) is 0 Å². The van der Waals surface area contributed by atoms with E-state index in [1.54, 1.807) is 12.1 Å². The number of alkyl halides is 3. The Hall–Kier alpha value is -1.62. The highest BCUT2D eigenvalue weighted by Gasteiger charge is 2.39. The molecular formula is C15H12F4Si. The molecule has 0 aliphatic carbocycles. The van der Waals surface area contributed by atoms with Gasteiger partial charge in [0.1, 0.15) is 13.9 Å². The second-order valence-corrected chi connectivity index (χ2v) is 9.90. The monoisotopic (exact) mass is 296 g/mol. The van der Waals surface area contributed by atoms with Crippen LogP contribution in [-0.2, 0) is 6.18 Å². The lowest BCUT2D eigenvalue weighted by atomic mass is 10.0. The van der Waals surface area contributed by atoms with Crippen molar-refractivity contribution in [2.45, 2.75) is 19.3 Å². The van der Waals surface area contributed by atoms with Crippen molar-refractivity contribution >= 4 is 18.4 Å². The molecule has 1 heterocycles. The van der Waals surface area contributed by atoms with Gasteiger partial charge in [0.15, 0.2) is 0 Å². The summed E-state index contributed by atoms with van der Waals surface area (Å²) < 4.78 is 52.0. The molecule has 2 aromatic carbocycles. The summed E-state index contributed by atoms with van der Waals surface area (Å²) in [5.74, 6) is -0.418. The van der Waals surface area contributed by atoms with Crippen molar-refractivity contribution < 1.29 is 17.6 Å². The lowest BCUT2D eigenvalue weighted by Crippen LogP contribution is -2.49. The molecule has 104 valence electrons. The first kappa shape index (κ1) is 13.4. The lowest BCUT2D eigenvalue weighted by molar-refractivity contribution is -0.137. The highest BCUT2D eigenvalue weighted by molar-refractivity contribution is 7.03. The van der Waals surface area contributed by atoms with Crippen LogP contribution < -0.4 is 10.4 Å². The fraction of sp³-hybridized carbons (Fsp3) is 0.200. The van der Waals surface area contributed by atoms with E-state index in [2.05, 4.69) is 13.1 Å². The van der Waals surface area contributed by atoms with E-state index >= 15 is 0 Å². The topological polar surface area (TPSA) is 0 Å². The van der Waals surface area contributed by atoms with Gasteiger partial charge in [0, 0.05) is 0 Å². The second-order valence-electron chi connectivity index (χ2n) is 5.57. The number of rotatable bonds is 0. The quantitative estimate of drug-likeness (QED) is 0.514. The zero-order valence-electron chi connectivity index (χ0n) is 11.0. The molecule has 0 N–H and O–H groups in total. The van der Waals surface area contributed by atoms with Crippen molar-refractivity contribution in [2.75, 3.05) is 0 Å². The van der Waals surface area contributed by atoms with E-state index in [-0.39, 0.29) is 0 Å². The van der Waals surface area contributed by atoms with E-state index < -0.39 is 25.6 Å². The van der Waals surface area contributed by atoms with E-state index in [4.69, 9.17) is 0 Å². The molecule has 0 unspecified atom stereocenters. The fourth-order valence-electron chi connectivity index (χ4n) is 2.92. The van der Waals surface area contributed by atoms with Gasteiger partial charge in [-0.3, -0.25) is 0 Å². The van der Waals surface area contributed by atoms with Crippen LogP contribution >= 0.6 is 0 Å². The number of hydrogen-bond acceptors (Lipinski definition) is 0. The van der Waals surface area contributed by atoms with Crippen molar-refractivity contribution in [3.05, 3.63) is 47.8 Å². The smallest absolute Gasteiger partial charge is 0.207 e. The minimum Gasteiger partial charge on any atom is -0.207 e. The van der Waals surface area contributed by atoms with E-state index in [1.165, 1.54) is 12.1 Å². The lowest BCUT2D eigenvalue weighted by Gasteiger charge is -2.19. The Labute approximate surface area is 115 Å². The van der Waals surface area contributed by atoms with Gasteiger partial charge < -0.3 is 0 Å². The van der Waals surface area contributed by atoms with Gasteiger partial charge in [0.05, 0.1) is 5.56 Å². The van der Waals surface area contributed by atoms with Crippen molar-refractivity contribution in [1.82, 2.24) is 0 Å². The third-order valence-corrected chi connectivity index (χ3v) is 7.53. The third kappa shape index (κ3) is 1.80. The second kappa shape index (κ2) is 3.94. The summed E-state index contributed by atoms with van der Waals surface area (Å²) in [6.45, 7) is 4.14. The largest absolute Gasteiger partial charge is 0.416 e. The van der Waals surface area contributed by atoms with Crippen LogP contribution in [-0.4, -0.2) is 8.07 Å². The molecule has 5 heteroatoms. The average Bonchev–Trinajstić information content (AvgIpc) is 2.57. The molecule has 0 fully saturated rings. The van der Waals surface area contributed by atoms with Gasteiger partial charge in [-0.25, -0.2) is 4.39 Å². The Kier molecular flexibility index (Phi) is 2.64. The maximum atomic E-state index is 13.4. The Balaban J connectivity index is 2.30. The minimum absolute atomic E-state index is 0.418. The summed E-state index contributed by atoms with van der Waals surface area (Å²) in [7, 11) is -2.02. The zero-order chi connectivity index (χ0) is 14.7. The first-order valence-corrected chi connectivity index (χ1v) is 9.23. The average molecular weight is 296 g/mol. The summed E-state index contributed by atoms with van der Waals surface area (Å²) in [6.07, 6.45) is -4.38. The molecular weight excluding hydrogens is 284 g/mol. The van der Waals surface area contributed by atoms with Crippen LogP contribution in [0.1, 0.15) is 5.56 Å². The highest BCUT2D eigenvalue weighted by Crippen LogP contribution is 2.35. The van der Waals surface area contributed by atoms with E-state index in [9.17, 15) is 17.6 Å². The molecule has 0 radical (unpaired) electrons. The highest BCUT2D eigenvalue weighted by atomic mass is 28.3. The van der Waals surface area contributed by atoms with Crippen molar-refractivity contribution in [1.29, 1.82) is 0 Å². The van der Waals surface area contributed by atoms with Crippen molar-refractivity contribution in [3.63, 3.8) is 0 Å². The molecule has 0 amide bonds. The van der Waals surface area contributed by atoms with Gasteiger partial charge in [-0.1, -0.05) is 31.3 Å². The van der Waals surface area contributed by atoms with Gasteiger partial charge in [-0.05, 0) is 39.7 Å². The van der Waals surface area contributed by atoms with E-state index in [1.807, 2.05) is 0 Å². The van der Waals surface area contributed by atoms with Gasteiger partial charge in [0.25, 0.3) is 0 Å². The molecule has 1 aliphatic heterocycles. The molecule has 1 aliphatic rings. The van der Waals surface area contributed by atoms with Crippen molar-refractivity contribution in [3.8, 4) is 11.1 Å². The van der Waals surface area contributed by atoms with Crippen LogP contribution in [0.5, 0.6) is 0 Å². The molecule has 2 aromatic rings. The molecule has 0 saturated carbocycles.